The second-order valence-corrected chi connectivity index (χ2v) is 12.2. The zero-order valence-electron chi connectivity index (χ0n) is 16.0. The molecular formula is C18H26N2O5Si. The third-order valence-corrected chi connectivity index (χ3v) is 6.82. The predicted octanol–water partition coefficient (Wildman–Crippen LogP) is 3.32. The molecule has 0 saturated heterocycles. The molecule has 8 heteroatoms. The number of nitrogens with zero attached hydrogens (tertiary/aromatic N) is 2. The number of non-ortho nitro benzene ring substituents is 1. The van der Waals surface area contributed by atoms with Crippen LogP contribution in [0, 0.1) is 15.5 Å². The topological polar surface area (TPSA) is 89.8 Å². The van der Waals surface area contributed by atoms with Crippen LogP contribution in [0.2, 0.25) is 13.1 Å². The highest BCUT2D eigenvalue weighted by molar-refractivity contribution is 6.99. The third kappa shape index (κ3) is 4.76. The van der Waals surface area contributed by atoms with E-state index in [0.29, 0.717) is 25.1 Å². The van der Waals surface area contributed by atoms with Gasteiger partial charge in [-0.15, -0.1) is 0 Å². The Labute approximate surface area is 154 Å². The average Bonchev–Trinajstić information content (AvgIpc) is 2.81. The fourth-order valence-corrected chi connectivity index (χ4v) is 4.55. The highest BCUT2D eigenvalue weighted by Gasteiger charge is 2.35. The van der Waals surface area contributed by atoms with Crippen LogP contribution in [0.3, 0.4) is 0 Å². The maximum Gasteiger partial charge on any atom is 0.270 e. The van der Waals surface area contributed by atoms with Crippen LogP contribution < -0.4 is 0 Å². The maximum atomic E-state index is 12.4. The molecule has 0 atom stereocenters. The molecule has 1 aromatic rings. The molecule has 1 aliphatic heterocycles. The molecule has 1 aliphatic rings. The van der Waals surface area contributed by atoms with Gasteiger partial charge in [0.25, 0.3) is 19.9 Å². The molecule has 2 rings (SSSR count). The second kappa shape index (κ2) is 7.28. The van der Waals surface area contributed by atoms with Gasteiger partial charge in [-0.05, 0) is 30.1 Å². The van der Waals surface area contributed by atoms with Crippen molar-refractivity contribution < 1.29 is 18.9 Å². The van der Waals surface area contributed by atoms with E-state index in [-0.39, 0.29) is 29.0 Å². The lowest BCUT2D eigenvalue weighted by Gasteiger charge is -2.27. The Kier molecular flexibility index (Phi) is 5.67. The number of fused-ring (bicyclic) bond motifs is 1. The molecule has 0 radical (unpaired) electrons. The highest BCUT2D eigenvalue weighted by Crippen LogP contribution is 2.27. The lowest BCUT2D eigenvalue weighted by atomic mass is 9.93. The number of carbonyl (C=O) groups is 2. The highest BCUT2D eigenvalue weighted by atomic mass is 28.4. The van der Waals surface area contributed by atoms with Gasteiger partial charge in [0.1, 0.15) is 5.41 Å². The lowest BCUT2D eigenvalue weighted by molar-refractivity contribution is -0.384. The lowest BCUT2D eigenvalue weighted by Crippen LogP contribution is -2.44. The van der Waals surface area contributed by atoms with Crippen LogP contribution in [0.25, 0.3) is 0 Å². The van der Waals surface area contributed by atoms with E-state index in [4.69, 9.17) is 4.43 Å². The van der Waals surface area contributed by atoms with Gasteiger partial charge >= 0.3 is 0 Å². The number of rotatable bonds is 7. The monoisotopic (exact) mass is 378 g/mol. The van der Waals surface area contributed by atoms with E-state index in [1.54, 1.807) is 11.0 Å². The molecule has 142 valence electrons. The summed E-state index contributed by atoms with van der Waals surface area (Å²) in [6, 6.07) is 4.36. The summed E-state index contributed by atoms with van der Waals surface area (Å²) in [7, 11) is -2.48. The predicted molar refractivity (Wildman–Crippen MR) is 100 cm³/mol. The number of hydrogen-bond acceptors (Lipinski definition) is 5. The molecule has 0 N–H and O–H groups in total. The van der Waals surface area contributed by atoms with Crippen LogP contribution in [0.5, 0.6) is 0 Å². The first-order valence-electron chi connectivity index (χ1n) is 8.64. The number of amides is 1. The summed E-state index contributed by atoms with van der Waals surface area (Å²) in [5.74, 6) is -0.229. The van der Waals surface area contributed by atoms with Crippen LogP contribution in [-0.2, 0) is 15.8 Å². The molecule has 0 spiro atoms. The van der Waals surface area contributed by atoms with Crippen LogP contribution in [0.4, 0.5) is 5.69 Å². The fourth-order valence-electron chi connectivity index (χ4n) is 2.83. The van der Waals surface area contributed by atoms with E-state index in [2.05, 4.69) is 0 Å². The second-order valence-electron chi connectivity index (χ2n) is 8.34. The van der Waals surface area contributed by atoms with Gasteiger partial charge in [-0.2, -0.15) is 0 Å². The molecule has 1 aromatic carbocycles. The molecular weight excluding hydrogens is 352 g/mol. The summed E-state index contributed by atoms with van der Waals surface area (Å²) in [5, 5.41) is 11.0. The molecule has 7 nitrogen and oxygen atoms in total. The minimum atomic E-state index is -2.48. The molecule has 26 heavy (non-hydrogen) atoms. The van der Waals surface area contributed by atoms with E-state index in [9.17, 15) is 19.7 Å². The van der Waals surface area contributed by atoms with Gasteiger partial charge in [0.05, 0.1) is 17.1 Å². The van der Waals surface area contributed by atoms with Gasteiger partial charge in [-0.3, -0.25) is 14.9 Å². The number of nitro groups is 1. The molecule has 0 aliphatic carbocycles. The van der Waals surface area contributed by atoms with Crippen molar-refractivity contribution in [3.63, 3.8) is 0 Å². The SMILES string of the molecule is CC(C)(C)CC(=O)[Si](C)(C)OCCN1Cc2ccc([N+](=O)[O-])cc2C1=O. The van der Waals surface area contributed by atoms with Gasteiger partial charge < -0.3 is 14.1 Å². The number of hydrogen-bond donors (Lipinski definition) is 0. The van der Waals surface area contributed by atoms with Gasteiger partial charge in [-0.25, -0.2) is 0 Å². The van der Waals surface area contributed by atoms with E-state index in [1.165, 1.54) is 12.1 Å². The Morgan fingerprint density at radius 1 is 1.35 bits per heavy atom. The summed E-state index contributed by atoms with van der Waals surface area (Å²) >= 11 is 0. The first-order chi connectivity index (χ1) is 11.9. The van der Waals surface area contributed by atoms with E-state index >= 15 is 0 Å². The molecule has 0 saturated carbocycles. The zero-order valence-corrected chi connectivity index (χ0v) is 17.0. The van der Waals surface area contributed by atoms with Crippen LogP contribution >= 0.6 is 0 Å². The Morgan fingerprint density at radius 3 is 2.58 bits per heavy atom. The molecule has 1 heterocycles. The summed E-state index contributed by atoms with van der Waals surface area (Å²) in [6.45, 7) is 10.9. The Balaban J connectivity index is 1.94. The van der Waals surface area contributed by atoms with Crippen molar-refractivity contribution in [2.45, 2.75) is 46.8 Å². The Bertz CT molecular complexity index is 740. The van der Waals surface area contributed by atoms with Crippen LogP contribution in [0.1, 0.15) is 43.1 Å². The van der Waals surface area contributed by atoms with Crippen LogP contribution in [-0.4, -0.2) is 42.6 Å². The fraction of sp³-hybridized carbons (Fsp3) is 0.556. The minimum Gasteiger partial charge on any atom is -0.408 e. The van der Waals surface area contributed by atoms with Crippen molar-refractivity contribution in [2.75, 3.05) is 13.2 Å². The molecule has 0 fully saturated rings. The van der Waals surface area contributed by atoms with Crippen molar-refractivity contribution in [1.29, 1.82) is 0 Å². The zero-order chi connectivity index (χ0) is 19.7. The number of nitro benzene ring substituents is 1. The van der Waals surface area contributed by atoms with E-state index < -0.39 is 13.2 Å². The molecule has 0 bridgehead atoms. The Hall–Kier alpha value is -2.06. The summed E-state index contributed by atoms with van der Waals surface area (Å²) < 4.78 is 5.90. The first kappa shape index (κ1) is 20.3. The van der Waals surface area contributed by atoms with Gasteiger partial charge in [0.15, 0.2) is 0 Å². The van der Waals surface area contributed by atoms with Gasteiger partial charge in [-0.1, -0.05) is 20.8 Å². The summed E-state index contributed by atoms with van der Waals surface area (Å²) in [6.07, 6.45) is 0.476. The quantitative estimate of drug-likeness (QED) is 0.412. The molecule has 0 aromatic heterocycles. The van der Waals surface area contributed by atoms with Crippen molar-refractivity contribution in [3.05, 3.63) is 39.4 Å². The maximum absolute atomic E-state index is 12.4. The number of benzene rings is 1. The molecule has 1 amide bonds. The first-order valence-corrected chi connectivity index (χ1v) is 11.6. The summed E-state index contributed by atoms with van der Waals surface area (Å²) in [4.78, 5) is 36.9. The number of carbonyl (C=O) groups excluding carboxylic acids is 2. The van der Waals surface area contributed by atoms with E-state index in [0.717, 1.165) is 5.56 Å². The van der Waals surface area contributed by atoms with Crippen molar-refractivity contribution >= 4 is 25.3 Å². The molecule has 0 unspecified atom stereocenters. The van der Waals surface area contributed by atoms with E-state index in [1.807, 2.05) is 33.9 Å². The van der Waals surface area contributed by atoms with Crippen LogP contribution in [0.15, 0.2) is 18.2 Å². The minimum absolute atomic E-state index is 0.0774. The van der Waals surface area contributed by atoms with Gasteiger partial charge in [0.2, 0.25) is 0 Å². The van der Waals surface area contributed by atoms with Crippen molar-refractivity contribution in [2.24, 2.45) is 5.41 Å². The average molecular weight is 379 g/mol. The Morgan fingerprint density at radius 2 is 2.00 bits per heavy atom. The smallest absolute Gasteiger partial charge is 0.270 e. The normalized spacial score (nSPS) is 14.5. The summed E-state index contributed by atoms with van der Waals surface area (Å²) in [5.41, 5.74) is 0.989. The third-order valence-electron chi connectivity index (χ3n) is 4.37. The largest absolute Gasteiger partial charge is 0.408 e. The van der Waals surface area contributed by atoms with Gasteiger partial charge in [0, 0.05) is 31.6 Å². The van der Waals surface area contributed by atoms with Crippen molar-refractivity contribution in [3.8, 4) is 0 Å². The van der Waals surface area contributed by atoms with Crippen molar-refractivity contribution in [1.82, 2.24) is 4.90 Å². The standard InChI is InChI=1S/C18H26N2O5Si/c1-18(2,3)11-16(21)26(4,5)25-9-8-19-12-13-6-7-14(20(23)24)10-15(13)17(19)22/h6-7,10H,8-9,11-12H2,1-5H3.